The second-order valence-corrected chi connectivity index (χ2v) is 5.30. The van der Waals surface area contributed by atoms with Gasteiger partial charge in [0.2, 0.25) is 5.91 Å². The van der Waals surface area contributed by atoms with E-state index in [1.165, 1.54) is 6.07 Å². The summed E-state index contributed by atoms with van der Waals surface area (Å²) in [6.07, 6.45) is 2.19. The van der Waals surface area contributed by atoms with E-state index in [2.05, 4.69) is 5.32 Å². The fraction of sp³-hybridized carbons (Fsp3) is 0.429. The molecule has 2 amide bonds. The van der Waals surface area contributed by atoms with Crippen LogP contribution in [0.25, 0.3) is 0 Å². The largest absolute Gasteiger partial charge is 0.366 e. The minimum absolute atomic E-state index is 0. The molecule has 0 radical (unpaired) electrons. The molecule has 5 nitrogen and oxygen atoms in total. The van der Waals surface area contributed by atoms with E-state index in [1.807, 2.05) is 6.92 Å². The molecule has 1 aliphatic carbocycles. The molecule has 0 aliphatic heterocycles. The lowest BCUT2D eigenvalue weighted by Gasteiger charge is -2.29. The molecule has 6 heteroatoms. The van der Waals surface area contributed by atoms with Gasteiger partial charge in [0.05, 0.1) is 5.54 Å². The van der Waals surface area contributed by atoms with Gasteiger partial charge in [-0.3, -0.25) is 9.59 Å². The van der Waals surface area contributed by atoms with Crippen LogP contribution < -0.4 is 16.8 Å². The Morgan fingerprint density at radius 1 is 1.35 bits per heavy atom. The summed E-state index contributed by atoms with van der Waals surface area (Å²) in [6, 6.07) is 6.39. The van der Waals surface area contributed by atoms with Gasteiger partial charge in [0.15, 0.2) is 0 Å². The highest BCUT2D eigenvalue weighted by Gasteiger charge is 2.41. The SMILES string of the molecule is CC(CN)(NC(=O)c1cccc(C(N)=O)c1)C1CC1.Cl. The van der Waals surface area contributed by atoms with Gasteiger partial charge >= 0.3 is 0 Å². The molecule has 1 saturated carbocycles. The molecular formula is C14H20ClN3O2. The van der Waals surface area contributed by atoms with Crippen LogP contribution in [0.15, 0.2) is 24.3 Å². The average Bonchev–Trinajstić information content (AvgIpc) is 3.23. The molecule has 2 rings (SSSR count). The van der Waals surface area contributed by atoms with Crippen LogP contribution in [-0.2, 0) is 0 Å². The maximum Gasteiger partial charge on any atom is 0.251 e. The summed E-state index contributed by atoms with van der Waals surface area (Å²) in [5.74, 6) is -0.317. The topological polar surface area (TPSA) is 98.2 Å². The van der Waals surface area contributed by atoms with Crippen LogP contribution in [-0.4, -0.2) is 23.9 Å². The lowest BCUT2D eigenvalue weighted by Crippen LogP contribution is -2.53. The summed E-state index contributed by atoms with van der Waals surface area (Å²) >= 11 is 0. The van der Waals surface area contributed by atoms with Crippen LogP contribution in [0.2, 0.25) is 0 Å². The van der Waals surface area contributed by atoms with Gasteiger partial charge in [0, 0.05) is 17.7 Å². The highest BCUT2D eigenvalue weighted by Crippen LogP contribution is 2.39. The maximum atomic E-state index is 12.2. The van der Waals surface area contributed by atoms with Crippen molar-refractivity contribution < 1.29 is 9.59 Å². The summed E-state index contributed by atoms with van der Waals surface area (Å²) in [6.45, 7) is 2.36. The standard InChI is InChI=1S/C14H19N3O2.ClH/c1-14(8-15,11-5-6-11)17-13(19)10-4-2-3-9(7-10)12(16)18;/h2-4,7,11H,5-6,8,15H2,1H3,(H2,16,18)(H,17,19);1H. The molecule has 1 fully saturated rings. The summed E-state index contributed by atoms with van der Waals surface area (Å²) < 4.78 is 0. The first-order chi connectivity index (χ1) is 8.96. The van der Waals surface area contributed by atoms with Crippen molar-refractivity contribution in [2.24, 2.45) is 17.4 Å². The molecule has 0 aromatic heterocycles. The molecule has 110 valence electrons. The van der Waals surface area contributed by atoms with E-state index < -0.39 is 5.91 Å². The number of hydrogen-bond acceptors (Lipinski definition) is 3. The van der Waals surface area contributed by atoms with E-state index in [4.69, 9.17) is 11.5 Å². The first kappa shape index (κ1) is 16.5. The summed E-state index contributed by atoms with van der Waals surface area (Å²) in [5, 5.41) is 2.97. The second kappa shape index (κ2) is 6.24. The van der Waals surface area contributed by atoms with Crippen LogP contribution in [0.3, 0.4) is 0 Å². The monoisotopic (exact) mass is 297 g/mol. The Balaban J connectivity index is 0.00000200. The number of benzene rings is 1. The first-order valence-electron chi connectivity index (χ1n) is 6.39. The van der Waals surface area contributed by atoms with Crippen molar-refractivity contribution in [3.05, 3.63) is 35.4 Å². The fourth-order valence-corrected chi connectivity index (χ4v) is 2.19. The third kappa shape index (κ3) is 3.49. The van der Waals surface area contributed by atoms with Gasteiger partial charge in [-0.25, -0.2) is 0 Å². The molecule has 5 N–H and O–H groups in total. The zero-order chi connectivity index (χ0) is 14.0. The Kier molecular flexibility index (Phi) is 5.14. The van der Waals surface area contributed by atoms with Gasteiger partial charge in [0.1, 0.15) is 0 Å². The number of nitrogens with two attached hydrogens (primary N) is 2. The van der Waals surface area contributed by atoms with E-state index in [9.17, 15) is 9.59 Å². The van der Waals surface area contributed by atoms with Gasteiger partial charge in [-0.15, -0.1) is 12.4 Å². The Bertz CT molecular complexity index is 517. The fourth-order valence-electron chi connectivity index (χ4n) is 2.19. The lowest BCUT2D eigenvalue weighted by molar-refractivity contribution is 0.0898. The van der Waals surface area contributed by atoms with Crippen molar-refractivity contribution in [1.29, 1.82) is 0 Å². The van der Waals surface area contributed by atoms with Crippen molar-refractivity contribution in [2.45, 2.75) is 25.3 Å². The van der Waals surface area contributed by atoms with Gasteiger partial charge in [-0.1, -0.05) is 6.07 Å². The van der Waals surface area contributed by atoms with Crippen molar-refractivity contribution in [1.82, 2.24) is 5.32 Å². The van der Waals surface area contributed by atoms with E-state index in [1.54, 1.807) is 18.2 Å². The van der Waals surface area contributed by atoms with Crippen molar-refractivity contribution in [3.63, 3.8) is 0 Å². The number of hydrogen-bond donors (Lipinski definition) is 3. The summed E-state index contributed by atoms with van der Waals surface area (Å²) in [7, 11) is 0. The van der Waals surface area contributed by atoms with Crippen molar-refractivity contribution >= 4 is 24.2 Å². The molecule has 0 saturated heterocycles. The molecule has 0 bridgehead atoms. The van der Waals surface area contributed by atoms with Gasteiger partial charge in [-0.2, -0.15) is 0 Å². The van der Waals surface area contributed by atoms with Gasteiger partial charge in [0.25, 0.3) is 5.91 Å². The van der Waals surface area contributed by atoms with Crippen LogP contribution in [0.4, 0.5) is 0 Å². The minimum atomic E-state index is -0.543. The number of carbonyl (C=O) groups is 2. The molecule has 1 atom stereocenters. The number of halogens is 1. The quantitative estimate of drug-likeness (QED) is 0.758. The molecule has 1 aliphatic rings. The molecular weight excluding hydrogens is 278 g/mol. The third-order valence-corrected chi connectivity index (χ3v) is 3.71. The number of amides is 2. The Morgan fingerprint density at radius 3 is 2.45 bits per heavy atom. The smallest absolute Gasteiger partial charge is 0.251 e. The highest BCUT2D eigenvalue weighted by atomic mass is 35.5. The number of nitrogens with one attached hydrogen (secondary N) is 1. The van der Waals surface area contributed by atoms with E-state index in [0.717, 1.165) is 12.8 Å². The van der Waals surface area contributed by atoms with E-state index >= 15 is 0 Å². The first-order valence-corrected chi connectivity index (χ1v) is 6.39. The van der Waals surface area contributed by atoms with E-state index in [-0.39, 0.29) is 23.9 Å². The third-order valence-electron chi connectivity index (χ3n) is 3.71. The zero-order valence-corrected chi connectivity index (χ0v) is 12.2. The van der Waals surface area contributed by atoms with Gasteiger partial charge in [-0.05, 0) is 43.9 Å². The zero-order valence-electron chi connectivity index (χ0n) is 11.4. The molecule has 1 unspecified atom stereocenters. The van der Waals surface area contributed by atoms with Crippen LogP contribution >= 0.6 is 12.4 Å². The van der Waals surface area contributed by atoms with Crippen molar-refractivity contribution in [2.75, 3.05) is 6.54 Å². The molecule has 0 spiro atoms. The lowest BCUT2D eigenvalue weighted by atomic mass is 9.95. The second-order valence-electron chi connectivity index (χ2n) is 5.30. The van der Waals surface area contributed by atoms with Crippen LogP contribution in [0.1, 0.15) is 40.5 Å². The number of rotatable bonds is 5. The number of primary amides is 1. The van der Waals surface area contributed by atoms with Gasteiger partial charge < -0.3 is 16.8 Å². The molecule has 1 aromatic carbocycles. The van der Waals surface area contributed by atoms with E-state index in [0.29, 0.717) is 23.6 Å². The highest BCUT2D eigenvalue weighted by molar-refractivity contribution is 5.99. The normalized spacial score (nSPS) is 16.7. The maximum absolute atomic E-state index is 12.2. The molecule has 20 heavy (non-hydrogen) atoms. The van der Waals surface area contributed by atoms with Crippen LogP contribution in [0.5, 0.6) is 0 Å². The predicted octanol–water partition coefficient (Wildman–Crippen LogP) is 1.06. The Hall–Kier alpha value is -1.59. The summed E-state index contributed by atoms with van der Waals surface area (Å²) in [4.78, 5) is 23.3. The molecule has 1 aromatic rings. The molecule has 0 heterocycles. The minimum Gasteiger partial charge on any atom is -0.366 e. The van der Waals surface area contributed by atoms with Crippen LogP contribution in [0, 0.1) is 5.92 Å². The Labute approximate surface area is 124 Å². The predicted molar refractivity (Wildman–Crippen MR) is 79.9 cm³/mol. The average molecular weight is 298 g/mol. The number of carbonyl (C=O) groups excluding carboxylic acids is 2. The van der Waals surface area contributed by atoms with Crippen molar-refractivity contribution in [3.8, 4) is 0 Å². The Morgan fingerprint density at radius 2 is 1.95 bits per heavy atom. The summed E-state index contributed by atoms with van der Waals surface area (Å²) in [5.41, 5.74) is 11.3.